The second-order valence-electron chi connectivity index (χ2n) is 6.86. The van der Waals surface area contributed by atoms with Gasteiger partial charge in [-0.25, -0.2) is 20.4 Å². The van der Waals surface area contributed by atoms with Crippen molar-refractivity contribution in [3.8, 4) is 5.75 Å². The van der Waals surface area contributed by atoms with Crippen LogP contribution in [0.25, 0.3) is 0 Å². The minimum atomic E-state index is -0.628. The standard InChI is InChI=1S/C22H25N3O6/c1-4-31-15-8-5-13(6-9-15)17-12-19(25-24-17)20(26)23-18-11-14(21(27)29-2)7-10-16(18)22(28)30-3/h5-11,17,19,24-25H,4,12H2,1-3H3,(H,23,26). The summed E-state index contributed by atoms with van der Waals surface area (Å²) in [5.41, 5.74) is 7.61. The Hall–Kier alpha value is -3.43. The van der Waals surface area contributed by atoms with E-state index >= 15 is 0 Å². The Labute approximate surface area is 180 Å². The third kappa shape index (κ3) is 5.19. The highest BCUT2D eigenvalue weighted by Gasteiger charge is 2.31. The normalized spacial score (nSPS) is 17.6. The summed E-state index contributed by atoms with van der Waals surface area (Å²) in [6, 6.07) is 11.3. The molecule has 2 aromatic carbocycles. The topological polar surface area (TPSA) is 115 Å². The fourth-order valence-electron chi connectivity index (χ4n) is 3.31. The van der Waals surface area contributed by atoms with Crippen molar-refractivity contribution in [3.63, 3.8) is 0 Å². The summed E-state index contributed by atoms with van der Waals surface area (Å²) in [5, 5.41) is 2.71. The fourth-order valence-corrected chi connectivity index (χ4v) is 3.31. The van der Waals surface area contributed by atoms with Crippen LogP contribution in [-0.2, 0) is 14.3 Å². The molecule has 2 atom stereocenters. The van der Waals surface area contributed by atoms with Gasteiger partial charge in [-0.15, -0.1) is 0 Å². The van der Waals surface area contributed by atoms with Crippen molar-refractivity contribution in [2.45, 2.75) is 25.4 Å². The molecule has 2 unspecified atom stereocenters. The monoisotopic (exact) mass is 427 g/mol. The maximum absolute atomic E-state index is 12.8. The van der Waals surface area contributed by atoms with Gasteiger partial charge >= 0.3 is 11.9 Å². The van der Waals surface area contributed by atoms with Crippen molar-refractivity contribution < 1.29 is 28.6 Å². The average Bonchev–Trinajstić information content (AvgIpc) is 3.29. The maximum atomic E-state index is 12.8. The molecule has 1 saturated heterocycles. The van der Waals surface area contributed by atoms with Crippen molar-refractivity contribution in [1.29, 1.82) is 0 Å². The summed E-state index contributed by atoms with van der Waals surface area (Å²) in [5.74, 6) is -0.778. The van der Waals surface area contributed by atoms with Crippen LogP contribution in [0.15, 0.2) is 42.5 Å². The smallest absolute Gasteiger partial charge is 0.339 e. The van der Waals surface area contributed by atoms with Crippen molar-refractivity contribution in [3.05, 3.63) is 59.2 Å². The number of nitrogens with one attached hydrogen (secondary N) is 3. The SMILES string of the molecule is CCOc1ccc(C2CC(C(=O)Nc3cc(C(=O)OC)ccc3C(=O)OC)NN2)cc1. The van der Waals surface area contributed by atoms with E-state index in [1.165, 1.54) is 32.4 Å². The lowest BCUT2D eigenvalue weighted by Crippen LogP contribution is -2.39. The van der Waals surface area contributed by atoms with E-state index < -0.39 is 18.0 Å². The molecule has 1 heterocycles. The van der Waals surface area contributed by atoms with Gasteiger partial charge in [0.05, 0.1) is 37.6 Å². The zero-order chi connectivity index (χ0) is 22.4. The molecule has 9 heteroatoms. The molecule has 1 fully saturated rings. The number of carbonyl (C=O) groups is 3. The first-order chi connectivity index (χ1) is 15.0. The van der Waals surface area contributed by atoms with Crippen molar-refractivity contribution >= 4 is 23.5 Å². The van der Waals surface area contributed by atoms with Crippen molar-refractivity contribution in [1.82, 2.24) is 10.9 Å². The number of ether oxygens (including phenoxy) is 3. The number of carbonyl (C=O) groups excluding carboxylic acids is 3. The Balaban J connectivity index is 1.72. The van der Waals surface area contributed by atoms with Crippen LogP contribution in [0.3, 0.4) is 0 Å². The molecular weight excluding hydrogens is 402 g/mol. The third-order valence-corrected chi connectivity index (χ3v) is 4.92. The van der Waals surface area contributed by atoms with Gasteiger partial charge in [0.1, 0.15) is 11.8 Å². The van der Waals surface area contributed by atoms with E-state index in [1.54, 1.807) is 0 Å². The summed E-state index contributed by atoms with van der Waals surface area (Å²) in [6.45, 7) is 2.52. The van der Waals surface area contributed by atoms with Crippen molar-refractivity contribution in [2.24, 2.45) is 0 Å². The number of benzene rings is 2. The Bertz CT molecular complexity index is 960. The first-order valence-corrected chi connectivity index (χ1v) is 9.82. The Morgan fingerprint density at radius 2 is 1.71 bits per heavy atom. The molecule has 164 valence electrons. The fraction of sp³-hybridized carbons (Fsp3) is 0.318. The van der Waals surface area contributed by atoms with Gasteiger partial charge in [0.2, 0.25) is 5.91 Å². The van der Waals surface area contributed by atoms with Crippen LogP contribution in [-0.4, -0.2) is 44.7 Å². The van der Waals surface area contributed by atoms with E-state index in [-0.39, 0.29) is 28.8 Å². The quantitative estimate of drug-likeness (QED) is 0.576. The molecule has 0 saturated carbocycles. The predicted molar refractivity (Wildman–Crippen MR) is 113 cm³/mol. The number of methoxy groups -OCH3 is 2. The predicted octanol–water partition coefficient (Wildman–Crippen LogP) is 2.20. The summed E-state index contributed by atoms with van der Waals surface area (Å²) in [7, 11) is 2.50. The van der Waals surface area contributed by atoms with Crippen LogP contribution in [0.5, 0.6) is 5.75 Å². The van der Waals surface area contributed by atoms with Gasteiger partial charge in [0, 0.05) is 6.04 Å². The molecule has 1 aliphatic heterocycles. The molecule has 0 aromatic heterocycles. The minimum Gasteiger partial charge on any atom is -0.494 e. The number of anilines is 1. The zero-order valence-electron chi connectivity index (χ0n) is 17.6. The van der Waals surface area contributed by atoms with Crippen molar-refractivity contribution in [2.75, 3.05) is 26.1 Å². The largest absolute Gasteiger partial charge is 0.494 e. The van der Waals surface area contributed by atoms with E-state index in [9.17, 15) is 14.4 Å². The first kappa shape index (κ1) is 22.3. The number of esters is 2. The minimum absolute atomic E-state index is 0.0760. The molecule has 9 nitrogen and oxygen atoms in total. The highest BCUT2D eigenvalue weighted by atomic mass is 16.5. The summed E-state index contributed by atoms with van der Waals surface area (Å²) in [4.78, 5) is 36.8. The van der Waals surface area contributed by atoms with E-state index in [4.69, 9.17) is 14.2 Å². The van der Waals surface area contributed by atoms with Crippen LogP contribution in [0.2, 0.25) is 0 Å². The zero-order valence-corrected chi connectivity index (χ0v) is 17.6. The average molecular weight is 427 g/mol. The number of amides is 1. The Kier molecular flexibility index (Phi) is 7.22. The van der Waals surface area contributed by atoms with Crippen LogP contribution >= 0.6 is 0 Å². The first-order valence-electron chi connectivity index (χ1n) is 9.82. The van der Waals surface area contributed by atoms with Gasteiger partial charge in [-0.2, -0.15) is 0 Å². The van der Waals surface area contributed by atoms with Crippen LogP contribution in [0.4, 0.5) is 5.69 Å². The lowest BCUT2D eigenvalue weighted by atomic mass is 10.0. The van der Waals surface area contributed by atoms with Gasteiger partial charge in [-0.1, -0.05) is 12.1 Å². The lowest BCUT2D eigenvalue weighted by Gasteiger charge is -2.14. The van der Waals surface area contributed by atoms with Gasteiger partial charge in [0.25, 0.3) is 0 Å². The van der Waals surface area contributed by atoms with E-state index in [0.29, 0.717) is 13.0 Å². The van der Waals surface area contributed by atoms with E-state index in [2.05, 4.69) is 16.2 Å². The molecule has 1 amide bonds. The van der Waals surface area contributed by atoms with Gasteiger partial charge in [-0.05, 0) is 49.2 Å². The molecule has 0 aliphatic carbocycles. The molecule has 0 radical (unpaired) electrons. The lowest BCUT2D eigenvalue weighted by molar-refractivity contribution is -0.117. The Morgan fingerprint density at radius 3 is 2.35 bits per heavy atom. The molecule has 0 bridgehead atoms. The number of hydrogen-bond donors (Lipinski definition) is 3. The summed E-state index contributed by atoms with van der Waals surface area (Å²) < 4.78 is 14.9. The summed E-state index contributed by atoms with van der Waals surface area (Å²) in [6.07, 6.45) is 0.490. The third-order valence-electron chi connectivity index (χ3n) is 4.92. The summed E-state index contributed by atoms with van der Waals surface area (Å²) >= 11 is 0. The number of hydrogen-bond acceptors (Lipinski definition) is 8. The Morgan fingerprint density at radius 1 is 1.00 bits per heavy atom. The van der Waals surface area contributed by atoms with E-state index in [1.807, 2.05) is 31.2 Å². The number of hydrazine groups is 1. The molecule has 1 aliphatic rings. The molecular formula is C22H25N3O6. The second-order valence-corrected chi connectivity index (χ2v) is 6.86. The molecule has 0 spiro atoms. The highest BCUT2D eigenvalue weighted by molar-refractivity contribution is 6.04. The maximum Gasteiger partial charge on any atom is 0.339 e. The van der Waals surface area contributed by atoms with Gasteiger partial charge in [0.15, 0.2) is 0 Å². The molecule has 3 rings (SSSR count). The second kappa shape index (κ2) is 10.1. The van der Waals surface area contributed by atoms with E-state index in [0.717, 1.165) is 11.3 Å². The highest BCUT2D eigenvalue weighted by Crippen LogP contribution is 2.26. The van der Waals surface area contributed by atoms with Crippen LogP contribution in [0, 0.1) is 0 Å². The van der Waals surface area contributed by atoms with Gasteiger partial charge in [-0.3, -0.25) is 4.79 Å². The molecule has 3 N–H and O–H groups in total. The molecule has 31 heavy (non-hydrogen) atoms. The van der Waals surface area contributed by atoms with Crippen LogP contribution in [0.1, 0.15) is 45.7 Å². The molecule has 2 aromatic rings. The number of rotatable bonds is 7. The van der Waals surface area contributed by atoms with Crippen LogP contribution < -0.4 is 20.9 Å². The van der Waals surface area contributed by atoms with Gasteiger partial charge < -0.3 is 19.5 Å².